The van der Waals surface area contributed by atoms with E-state index < -0.39 is 11.6 Å². The highest BCUT2D eigenvalue weighted by molar-refractivity contribution is 6.06. The number of amides is 4. The molecule has 0 aliphatic carbocycles. The molecule has 1 aliphatic rings. The second-order valence-electron chi connectivity index (χ2n) is 6.84. The summed E-state index contributed by atoms with van der Waals surface area (Å²) in [6.45, 7) is 5.23. The van der Waals surface area contributed by atoms with Crippen LogP contribution in [0.3, 0.4) is 0 Å². The van der Waals surface area contributed by atoms with Gasteiger partial charge < -0.3 is 9.73 Å². The Kier molecular flexibility index (Phi) is 4.98. The van der Waals surface area contributed by atoms with Gasteiger partial charge in [0, 0.05) is 30.3 Å². The maximum absolute atomic E-state index is 12.1. The van der Waals surface area contributed by atoms with Gasteiger partial charge in [-0.05, 0) is 19.9 Å². The highest BCUT2D eigenvalue weighted by Gasteiger charge is 2.43. The normalized spacial score (nSPS) is 16.3. The largest absolute Gasteiger partial charge is 0.460 e. The number of rotatable bonds is 6. The molecule has 1 aromatic heterocycles. The molecule has 27 heavy (non-hydrogen) atoms. The summed E-state index contributed by atoms with van der Waals surface area (Å²) in [7, 11) is 0. The molecule has 2 heterocycles. The second kappa shape index (κ2) is 7.22. The van der Waals surface area contributed by atoms with E-state index in [4.69, 9.17) is 4.42 Å². The van der Waals surface area contributed by atoms with E-state index in [-0.39, 0.29) is 24.8 Å². The first kappa shape index (κ1) is 18.6. The molecule has 2 aromatic rings. The van der Waals surface area contributed by atoms with Gasteiger partial charge in [-0.25, -0.2) is 10.2 Å². The predicted molar refractivity (Wildman–Crippen MR) is 100 cm³/mol. The highest BCUT2D eigenvalue weighted by Crippen LogP contribution is 2.24. The predicted octanol–water partition coefficient (Wildman–Crippen LogP) is 2.17. The average molecular weight is 370 g/mol. The van der Waals surface area contributed by atoms with Crippen LogP contribution >= 0.6 is 0 Å². The van der Waals surface area contributed by atoms with Crippen molar-refractivity contribution in [1.29, 1.82) is 0 Å². The zero-order chi connectivity index (χ0) is 19.6. The van der Waals surface area contributed by atoms with Crippen molar-refractivity contribution >= 4 is 35.0 Å². The SMILES string of the molecule is CCc1oc2ccccc2c1/C=N\NC(=O)CCN1C(=O)NC(C)(C)C1=O. The van der Waals surface area contributed by atoms with E-state index in [1.54, 1.807) is 20.1 Å². The first-order valence-corrected chi connectivity index (χ1v) is 8.80. The number of imide groups is 1. The summed E-state index contributed by atoms with van der Waals surface area (Å²) >= 11 is 0. The van der Waals surface area contributed by atoms with Crippen molar-refractivity contribution in [3.8, 4) is 0 Å². The van der Waals surface area contributed by atoms with Gasteiger partial charge in [-0.1, -0.05) is 25.1 Å². The van der Waals surface area contributed by atoms with Crippen molar-refractivity contribution in [2.75, 3.05) is 6.54 Å². The number of nitrogens with one attached hydrogen (secondary N) is 2. The Labute approximate surface area is 156 Å². The van der Waals surface area contributed by atoms with Gasteiger partial charge in [-0.3, -0.25) is 14.5 Å². The lowest BCUT2D eigenvalue weighted by molar-refractivity contribution is -0.130. The molecule has 0 saturated carbocycles. The Morgan fingerprint density at radius 1 is 1.33 bits per heavy atom. The van der Waals surface area contributed by atoms with Crippen LogP contribution in [-0.2, 0) is 16.0 Å². The fourth-order valence-corrected chi connectivity index (χ4v) is 2.98. The first-order valence-electron chi connectivity index (χ1n) is 8.80. The third kappa shape index (κ3) is 3.69. The molecule has 0 bridgehead atoms. The monoisotopic (exact) mass is 370 g/mol. The maximum atomic E-state index is 12.1. The third-order valence-corrected chi connectivity index (χ3v) is 4.42. The summed E-state index contributed by atoms with van der Waals surface area (Å²) in [5.74, 6) is 0.0550. The van der Waals surface area contributed by atoms with E-state index >= 15 is 0 Å². The molecule has 4 amide bonds. The fourth-order valence-electron chi connectivity index (χ4n) is 2.98. The number of furan rings is 1. The number of hydrogen-bond donors (Lipinski definition) is 2. The lowest BCUT2D eigenvalue weighted by Gasteiger charge is -2.15. The topological polar surface area (TPSA) is 104 Å². The quantitative estimate of drug-likeness (QED) is 0.462. The summed E-state index contributed by atoms with van der Waals surface area (Å²) in [4.78, 5) is 36.9. The Hall–Kier alpha value is -3.16. The Morgan fingerprint density at radius 3 is 2.74 bits per heavy atom. The molecule has 1 aromatic carbocycles. The molecule has 8 heteroatoms. The maximum Gasteiger partial charge on any atom is 0.325 e. The summed E-state index contributed by atoms with van der Waals surface area (Å²) in [5, 5.41) is 7.49. The van der Waals surface area contributed by atoms with Crippen molar-refractivity contribution < 1.29 is 18.8 Å². The molecule has 1 fully saturated rings. The molecule has 0 atom stereocenters. The summed E-state index contributed by atoms with van der Waals surface area (Å²) in [5.41, 5.74) is 3.08. The van der Waals surface area contributed by atoms with Crippen molar-refractivity contribution in [3.63, 3.8) is 0 Å². The van der Waals surface area contributed by atoms with Gasteiger partial charge in [0.15, 0.2) is 0 Å². The molecule has 1 aliphatic heterocycles. The van der Waals surface area contributed by atoms with Crippen LogP contribution in [-0.4, -0.2) is 41.0 Å². The molecule has 0 radical (unpaired) electrons. The number of benzene rings is 1. The standard InChI is InChI=1S/C19H22N4O4/c1-4-14-13(12-7-5-6-8-15(12)27-14)11-20-22-16(24)9-10-23-17(25)19(2,3)21-18(23)26/h5-8,11H,4,9-10H2,1-3H3,(H,21,26)(H,22,24)/b20-11-. The first-order chi connectivity index (χ1) is 12.8. The van der Waals surface area contributed by atoms with E-state index in [1.165, 1.54) is 0 Å². The third-order valence-electron chi connectivity index (χ3n) is 4.42. The zero-order valence-corrected chi connectivity index (χ0v) is 15.5. The number of urea groups is 1. The average Bonchev–Trinajstić information content (AvgIpc) is 3.08. The summed E-state index contributed by atoms with van der Waals surface area (Å²) < 4.78 is 5.77. The molecular formula is C19H22N4O4. The molecule has 0 spiro atoms. The molecular weight excluding hydrogens is 348 g/mol. The smallest absolute Gasteiger partial charge is 0.325 e. The minimum atomic E-state index is -0.940. The number of carbonyl (C=O) groups is 3. The van der Waals surface area contributed by atoms with E-state index in [9.17, 15) is 14.4 Å². The number of hydrazone groups is 1. The van der Waals surface area contributed by atoms with Crippen LogP contribution in [0.15, 0.2) is 33.8 Å². The minimum Gasteiger partial charge on any atom is -0.460 e. The minimum absolute atomic E-state index is 0.00427. The zero-order valence-electron chi connectivity index (χ0n) is 15.5. The van der Waals surface area contributed by atoms with Gasteiger partial charge in [0.25, 0.3) is 5.91 Å². The Balaban J connectivity index is 1.60. The fraction of sp³-hybridized carbons (Fsp3) is 0.368. The summed E-state index contributed by atoms with van der Waals surface area (Å²) in [6.07, 6.45) is 2.23. The van der Waals surface area contributed by atoms with Gasteiger partial charge in [0.1, 0.15) is 16.9 Å². The number of para-hydroxylation sites is 1. The number of nitrogens with zero attached hydrogens (tertiary/aromatic N) is 2. The molecule has 1 saturated heterocycles. The van der Waals surface area contributed by atoms with E-state index in [2.05, 4.69) is 15.8 Å². The highest BCUT2D eigenvalue weighted by atomic mass is 16.3. The number of aryl methyl sites for hydroxylation is 1. The van der Waals surface area contributed by atoms with E-state index in [0.29, 0.717) is 6.42 Å². The van der Waals surface area contributed by atoms with Crippen LogP contribution < -0.4 is 10.7 Å². The number of fused-ring (bicyclic) bond motifs is 1. The van der Waals surface area contributed by atoms with E-state index in [0.717, 1.165) is 27.2 Å². The van der Waals surface area contributed by atoms with Crippen molar-refractivity contribution in [3.05, 3.63) is 35.6 Å². The van der Waals surface area contributed by atoms with Crippen LogP contribution in [0.5, 0.6) is 0 Å². The molecule has 8 nitrogen and oxygen atoms in total. The molecule has 142 valence electrons. The van der Waals surface area contributed by atoms with Gasteiger partial charge in [-0.2, -0.15) is 5.10 Å². The lowest BCUT2D eigenvalue weighted by Crippen LogP contribution is -2.40. The molecule has 2 N–H and O–H groups in total. The summed E-state index contributed by atoms with van der Waals surface area (Å²) in [6, 6.07) is 7.13. The Bertz CT molecular complexity index is 929. The van der Waals surface area contributed by atoms with Crippen LogP contribution in [0.1, 0.15) is 38.5 Å². The van der Waals surface area contributed by atoms with Crippen LogP contribution in [0.25, 0.3) is 11.0 Å². The van der Waals surface area contributed by atoms with Gasteiger partial charge in [-0.15, -0.1) is 0 Å². The molecule has 3 rings (SSSR count). The lowest BCUT2D eigenvalue weighted by atomic mass is 10.1. The van der Waals surface area contributed by atoms with Crippen molar-refractivity contribution in [2.45, 2.75) is 39.2 Å². The van der Waals surface area contributed by atoms with Crippen molar-refractivity contribution in [1.82, 2.24) is 15.6 Å². The molecule has 0 unspecified atom stereocenters. The van der Waals surface area contributed by atoms with E-state index in [1.807, 2.05) is 31.2 Å². The van der Waals surface area contributed by atoms with Crippen LogP contribution in [0.4, 0.5) is 4.79 Å². The van der Waals surface area contributed by atoms with Gasteiger partial charge in [0.05, 0.1) is 6.21 Å². The van der Waals surface area contributed by atoms with Gasteiger partial charge >= 0.3 is 6.03 Å². The Morgan fingerprint density at radius 2 is 2.07 bits per heavy atom. The van der Waals surface area contributed by atoms with Crippen LogP contribution in [0.2, 0.25) is 0 Å². The van der Waals surface area contributed by atoms with Crippen LogP contribution in [0, 0.1) is 0 Å². The second-order valence-corrected chi connectivity index (χ2v) is 6.84. The van der Waals surface area contributed by atoms with Gasteiger partial charge in [0.2, 0.25) is 5.91 Å². The number of hydrogen-bond acceptors (Lipinski definition) is 5. The number of carbonyl (C=O) groups excluding carboxylic acids is 3. The van der Waals surface area contributed by atoms with Crippen molar-refractivity contribution in [2.24, 2.45) is 5.10 Å².